The number of unbranched alkanes of at least 4 members (excludes halogenated alkanes) is 6. The largest absolute Gasteiger partial charge is 0.370 e. The van der Waals surface area contributed by atoms with E-state index in [2.05, 4.69) is 0 Å². The second-order valence-electron chi connectivity index (χ2n) is 4.78. The molecule has 0 aromatic rings. The molecule has 100 valence electrons. The summed E-state index contributed by atoms with van der Waals surface area (Å²) in [4.78, 5) is 21.3. The Morgan fingerprint density at radius 3 is 1.82 bits per heavy atom. The molecule has 0 aliphatic rings. The lowest BCUT2D eigenvalue weighted by Crippen LogP contribution is -2.20. The standard InChI is InChI=1S/C13H26N2O2/c1-11(13(15)17)9-7-5-3-2-4-6-8-10-12(14)16/h11H,2-10H2,1H3,(H2,14,16)(H2,15,17). The zero-order valence-electron chi connectivity index (χ0n) is 10.9. The van der Waals surface area contributed by atoms with Crippen molar-refractivity contribution >= 4 is 11.8 Å². The predicted molar refractivity (Wildman–Crippen MR) is 69.1 cm³/mol. The molecule has 0 fully saturated rings. The minimum atomic E-state index is -0.203. The van der Waals surface area contributed by atoms with Gasteiger partial charge in [0.1, 0.15) is 0 Å². The topological polar surface area (TPSA) is 86.2 Å². The molecule has 0 rings (SSSR count). The van der Waals surface area contributed by atoms with Gasteiger partial charge in [-0.25, -0.2) is 0 Å². The van der Waals surface area contributed by atoms with E-state index in [4.69, 9.17) is 11.5 Å². The molecular formula is C13H26N2O2. The first-order valence-electron chi connectivity index (χ1n) is 6.61. The van der Waals surface area contributed by atoms with Gasteiger partial charge < -0.3 is 11.5 Å². The predicted octanol–water partition coefficient (Wildman–Crippen LogP) is 2.10. The summed E-state index contributed by atoms with van der Waals surface area (Å²) in [7, 11) is 0. The SMILES string of the molecule is CC(CCCCCCCCCC(N)=O)C(N)=O. The van der Waals surface area contributed by atoms with Gasteiger partial charge in [-0.1, -0.05) is 45.4 Å². The van der Waals surface area contributed by atoms with Crippen LogP contribution in [0.5, 0.6) is 0 Å². The molecule has 4 N–H and O–H groups in total. The Kier molecular flexibility index (Phi) is 9.49. The highest BCUT2D eigenvalue weighted by atomic mass is 16.1. The molecule has 0 aliphatic carbocycles. The van der Waals surface area contributed by atoms with Crippen LogP contribution >= 0.6 is 0 Å². The maximum absolute atomic E-state index is 10.8. The Morgan fingerprint density at radius 1 is 0.882 bits per heavy atom. The van der Waals surface area contributed by atoms with Crippen LogP contribution in [0.2, 0.25) is 0 Å². The summed E-state index contributed by atoms with van der Waals surface area (Å²) in [5.41, 5.74) is 10.2. The molecule has 4 heteroatoms. The molecule has 0 aliphatic heterocycles. The van der Waals surface area contributed by atoms with E-state index in [1.807, 2.05) is 6.92 Å². The number of primary amides is 2. The summed E-state index contributed by atoms with van der Waals surface area (Å²) in [6.07, 6.45) is 9.20. The Bertz CT molecular complexity index is 229. The number of nitrogens with two attached hydrogens (primary N) is 2. The minimum Gasteiger partial charge on any atom is -0.370 e. The van der Waals surface area contributed by atoms with Crippen LogP contribution in [0.4, 0.5) is 0 Å². The van der Waals surface area contributed by atoms with Gasteiger partial charge in [-0.05, 0) is 12.8 Å². The molecule has 4 nitrogen and oxygen atoms in total. The first kappa shape index (κ1) is 15.9. The van der Waals surface area contributed by atoms with Crippen LogP contribution in [-0.2, 0) is 9.59 Å². The highest BCUT2D eigenvalue weighted by Crippen LogP contribution is 2.12. The molecule has 17 heavy (non-hydrogen) atoms. The Hall–Kier alpha value is -1.06. The zero-order valence-corrected chi connectivity index (χ0v) is 10.9. The van der Waals surface area contributed by atoms with E-state index in [0.717, 1.165) is 32.1 Å². The van der Waals surface area contributed by atoms with Gasteiger partial charge in [0, 0.05) is 12.3 Å². The molecule has 0 bridgehead atoms. The lowest BCUT2D eigenvalue weighted by Gasteiger charge is -2.06. The summed E-state index contributed by atoms with van der Waals surface area (Å²) in [5, 5.41) is 0. The van der Waals surface area contributed by atoms with E-state index in [1.165, 1.54) is 19.3 Å². The van der Waals surface area contributed by atoms with Crippen molar-refractivity contribution in [1.29, 1.82) is 0 Å². The van der Waals surface area contributed by atoms with Crippen LogP contribution in [0.15, 0.2) is 0 Å². The van der Waals surface area contributed by atoms with Gasteiger partial charge in [0.05, 0.1) is 0 Å². The quantitative estimate of drug-likeness (QED) is 0.544. The van der Waals surface area contributed by atoms with Crippen molar-refractivity contribution in [2.24, 2.45) is 17.4 Å². The van der Waals surface area contributed by atoms with Crippen molar-refractivity contribution in [3.8, 4) is 0 Å². The number of carbonyl (C=O) groups excluding carboxylic acids is 2. The molecule has 0 aromatic carbocycles. The number of hydrogen-bond donors (Lipinski definition) is 2. The normalized spacial score (nSPS) is 12.3. The average Bonchev–Trinajstić information content (AvgIpc) is 2.25. The number of hydrogen-bond acceptors (Lipinski definition) is 2. The first-order chi connectivity index (χ1) is 8.04. The lowest BCUT2D eigenvalue weighted by molar-refractivity contribution is -0.121. The van der Waals surface area contributed by atoms with Crippen molar-refractivity contribution in [3.05, 3.63) is 0 Å². The smallest absolute Gasteiger partial charge is 0.220 e. The molecule has 0 radical (unpaired) electrons. The highest BCUT2D eigenvalue weighted by Gasteiger charge is 2.06. The second-order valence-corrected chi connectivity index (χ2v) is 4.78. The number of carbonyl (C=O) groups is 2. The first-order valence-corrected chi connectivity index (χ1v) is 6.61. The van der Waals surface area contributed by atoms with Gasteiger partial charge in [0.15, 0.2) is 0 Å². The third-order valence-electron chi connectivity index (χ3n) is 3.05. The van der Waals surface area contributed by atoms with E-state index in [9.17, 15) is 9.59 Å². The van der Waals surface area contributed by atoms with Crippen molar-refractivity contribution in [3.63, 3.8) is 0 Å². The van der Waals surface area contributed by atoms with Gasteiger partial charge in [0.2, 0.25) is 11.8 Å². The van der Waals surface area contributed by atoms with Crippen molar-refractivity contribution in [1.82, 2.24) is 0 Å². The van der Waals surface area contributed by atoms with E-state index in [-0.39, 0.29) is 17.7 Å². The van der Waals surface area contributed by atoms with Crippen molar-refractivity contribution in [2.75, 3.05) is 0 Å². The van der Waals surface area contributed by atoms with Crippen molar-refractivity contribution < 1.29 is 9.59 Å². The van der Waals surface area contributed by atoms with Gasteiger partial charge in [-0.2, -0.15) is 0 Å². The third kappa shape index (κ3) is 11.2. The van der Waals surface area contributed by atoms with Gasteiger partial charge in [-0.3, -0.25) is 9.59 Å². The molecule has 0 heterocycles. The average molecular weight is 242 g/mol. The minimum absolute atomic E-state index is 0.00515. The van der Waals surface area contributed by atoms with Crippen LogP contribution in [0.25, 0.3) is 0 Å². The Labute approximate surface area is 104 Å². The van der Waals surface area contributed by atoms with Crippen LogP contribution in [0.1, 0.15) is 64.7 Å². The molecule has 0 saturated heterocycles. The summed E-state index contributed by atoms with van der Waals surface area (Å²) in [6, 6.07) is 0. The summed E-state index contributed by atoms with van der Waals surface area (Å²) >= 11 is 0. The van der Waals surface area contributed by atoms with E-state index in [0.29, 0.717) is 6.42 Å². The highest BCUT2D eigenvalue weighted by molar-refractivity contribution is 5.76. The molecule has 0 saturated carbocycles. The van der Waals surface area contributed by atoms with Gasteiger partial charge in [0.25, 0.3) is 0 Å². The maximum Gasteiger partial charge on any atom is 0.220 e. The summed E-state index contributed by atoms with van der Waals surface area (Å²) in [5.74, 6) is -0.396. The molecule has 1 unspecified atom stereocenters. The lowest BCUT2D eigenvalue weighted by atomic mass is 10.0. The van der Waals surface area contributed by atoms with Crippen LogP contribution in [-0.4, -0.2) is 11.8 Å². The van der Waals surface area contributed by atoms with E-state index >= 15 is 0 Å². The van der Waals surface area contributed by atoms with Crippen LogP contribution < -0.4 is 11.5 Å². The Morgan fingerprint density at radius 2 is 1.35 bits per heavy atom. The monoisotopic (exact) mass is 242 g/mol. The molecule has 2 amide bonds. The number of amides is 2. The fourth-order valence-electron chi connectivity index (χ4n) is 1.78. The van der Waals surface area contributed by atoms with E-state index < -0.39 is 0 Å². The summed E-state index contributed by atoms with van der Waals surface area (Å²) < 4.78 is 0. The molecule has 0 spiro atoms. The van der Waals surface area contributed by atoms with Crippen molar-refractivity contribution in [2.45, 2.75) is 64.7 Å². The zero-order chi connectivity index (χ0) is 13.1. The Balaban J connectivity index is 3.14. The fourth-order valence-corrected chi connectivity index (χ4v) is 1.78. The van der Waals surface area contributed by atoms with E-state index in [1.54, 1.807) is 0 Å². The molecule has 1 atom stereocenters. The van der Waals surface area contributed by atoms with Gasteiger partial charge >= 0.3 is 0 Å². The molecular weight excluding hydrogens is 216 g/mol. The molecule has 0 aromatic heterocycles. The van der Waals surface area contributed by atoms with Crippen LogP contribution in [0, 0.1) is 5.92 Å². The fraction of sp³-hybridized carbons (Fsp3) is 0.846. The summed E-state index contributed by atoms with van der Waals surface area (Å²) in [6.45, 7) is 1.88. The second kappa shape index (κ2) is 10.1. The number of rotatable bonds is 11. The van der Waals surface area contributed by atoms with Gasteiger partial charge in [-0.15, -0.1) is 0 Å². The maximum atomic E-state index is 10.8. The third-order valence-corrected chi connectivity index (χ3v) is 3.05. The van der Waals surface area contributed by atoms with Crippen LogP contribution in [0.3, 0.4) is 0 Å².